The molecule has 1 aliphatic carbocycles. The zero-order chi connectivity index (χ0) is 18.9. The molecular weight excluding hydrogens is 320 g/mol. The van der Waals surface area contributed by atoms with E-state index >= 15 is 0 Å². The van der Waals surface area contributed by atoms with E-state index in [0.717, 1.165) is 25.7 Å². The van der Waals surface area contributed by atoms with Crippen molar-refractivity contribution in [2.24, 2.45) is 11.3 Å². The fourth-order valence-corrected chi connectivity index (χ4v) is 3.99. The topological polar surface area (TPSA) is 61.8 Å². The van der Waals surface area contributed by atoms with Crippen LogP contribution in [0.1, 0.15) is 65.7 Å². The van der Waals surface area contributed by atoms with Gasteiger partial charge in [-0.05, 0) is 25.7 Å². The monoisotopic (exact) mass is 354 g/mol. The molecule has 0 aromatic carbocycles. The van der Waals surface area contributed by atoms with Crippen LogP contribution in [-0.4, -0.2) is 38.9 Å². The maximum Gasteiger partial charge on any atom is 0.333 e. The Morgan fingerprint density at radius 2 is 1.88 bits per heavy atom. The number of carbonyl (C=O) groups is 2. The van der Waals surface area contributed by atoms with Gasteiger partial charge in [-0.25, -0.2) is 4.79 Å². The molecule has 0 bridgehead atoms. The first-order valence-corrected chi connectivity index (χ1v) is 9.50. The van der Waals surface area contributed by atoms with E-state index in [2.05, 4.69) is 6.92 Å². The molecule has 0 spiro atoms. The zero-order valence-electron chi connectivity index (χ0n) is 16.4. The van der Waals surface area contributed by atoms with Gasteiger partial charge in [0, 0.05) is 19.1 Å². The van der Waals surface area contributed by atoms with Gasteiger partial charge in [-0.3, -0.25) is 4.79 Å². The van der Waals surface area contributed by atoms with Crippen molar-refractivity contribution in [3.63, 3.8) is 0 Å². The fourth-order valence-electron chi connectivity index (χ4n) is 3.99. The Morgan fingerprint density at radius 1 is 1.16 bits per heavy atom. The number of hydrogen-bond donors (Lipinski definition) is 0. The van der Waals surface area contributed by atoms with Gasteiger partial charge in [0.1, 0.15) is 5.41 Å². The molecule has 0 saturated carbocycles. The summed E-state index contributed by atoms with van der Waals surface area (Å²) in [6.45, 7) is 6.29. The average Bonchev–Trinajstić information content (AvgIpc) is 2.63. The molecule has 3 atom stereocenters. The van der Waals surface area contributed by atoms with Crippen LogP contribution in [-0.2, 0) is 23.8 Å². The van der Waals surface area contributed by atoms with Crippen molar-refractivity contribution >= 4 is 11.9 Å². The number of methoxy groups -OCH3 is 2. The summed E-state index contributed by atoms with van der Waals surface area (Å²) in [5.74, 6) is -0.640. The van der Waals surface area contributed by atoms with E-state index in [0.29, 0.717) is 25.0 Å². The lowest BCUT2D eigenvalue weighted by Gasteiger charge is -2.45. The molecular formula is C20H34O5. The van der Waals surface area contributed by atoms with Crippen LogP contribution >= 0.6 is 0 Å². The van der Waals surface area contributed by atoms with Crippen LogP contribution in [0.4, 0.5) is 0 Å². The molecule has 0 radical (unpaired) electrons. The number of carbonyl (C=O) groups excluding carboxylic acids is 2. The summed E-state index contributed by atoms with van der Waals surface area (Å²) in [5.41, 5.74) is -0.131. The van der Waals surface area contributed by atoms with Crippen molar-refractivity contribution in [2.75, 3.05) is 20.8 Å². The second kappa shape index (κ2) is 10.6. The summed E-state index contributed by atoms with van der Waals surface area (Å²) in [5, 5.41) is 0. The minimum absolute atomic E-state index is 0.0834. The van der Waals surface area contributed by atoms with E-state index in [-0.39, 0.29) is 24.0 Å². The van der Waals surface area contributed by atoms with Crippen LogP contribution in [0.2, 0.25) is 0 Å². The van der Waals surface area contributed by atoms with E-state index in [1.54, 1.807) is 14.0 Å². The van der Waals surface area contributed by atoms with Crippen molar-refractivity contribution in [1.82, 2.24) is 0 Å². The molecule has 0 unspecified atom stereocenters. The number of hydrogen-bond acceptors (Lipinski definition) is 5. The molecule has 0 amide bonds. The molecule has 0 N–H and O–H groups in total. The highest BCUT2D eigenvalue weighted by Crippen LogP contribution is 2.47. The molecule has 1 rings (SSSR count). The number of unbranched alkanes of at least 4 members (excludes halogenated alkanes) is 3. The molecule has 0 saturated heterocycles. The first-order chi connectivity index (χ1) is 12.0. The molecule has 5 heteroatoms. The van der Waals surface area contributed by atoms with Crippen LogP contribution in [0.15, 0.2) is 11.6 Å². The predicted molar refractivity (Wildman–Crippen MR) is 97.1 cm³/mol. The SMILES string of the molecule is CCCCCC[C@@H]1C=C(C(=O)OCC)C[C@H](OC)[C@@]1(CC)C(=O)OC. The van der Waals surface area contributed by atoms with Gasteiger partial charge in [-0.15, -0.1) is 0 Å². The lowest BCUT2D eigenvalue weighted by molar-refractivity contribution is -0.170. The highest BCUT2D eigenvalue weighted by Gasteiger charge is 2.53. The Kier molecular flexibility index (Phi) is 9.19. The zero-order valence-corrected chi connectivity index (χ0v) is 16.4. The minimum atomic E-state index is -0.744. The van der Waals surface area contributed by atoms with Gasteiger partial charge in [-0.2, -0.15) is 0 Å². The van der Waals surface area contributed by atoms with Crippen LogP contribution < -0.4 is 0 Å². The number of ether oxygens (including phenoxy) is 3. The Labute approximate surface area is 152 Å². The van der Waals surface area contributed by atoms with Gasteiger partial charge in [0.25, 0.3) is 0 Å². The predicted octanol–water partition coefficient (Wildman–Crippen LogP) is 4.05. The molecule has 0 aromatic heterocycles. The van der Waals surface area contributed by atoms with E-state index in [9.17, 15) is 9.59 Å². The van der Waals surface area contributed by atoms with Crippen LogP contribution in [0.3, 0.4) is 0 Å². The summed E-state index contributed by atoms with van der Waals surface area (Å²) in [7, 11) is 3.02. The van der Waals surface area contributed by atoms with Crippen LogP contribution in [0.5, 0.6) is 0 Å². The third-order valence-electron chi connectivity index (χ3n) is 5.39. The normalized spacial score (nSPS) is 26.0. The molecule has 0 heterocycles. The highest BCUT2D eigenvalue weighted by atomic mass is 16.5. The van der Waals surface area contributed by atoms with Crippen LogP contribution in [0.25, 0.3) is 0 Å². The summed E-state index contributed by atoms with van der Waals surface area (Å²) >= 11 is 0. The summed E-state index contributed by atoms with van der Waals surface area (Å²) in [4.78, 5) is 25.0. The third-order valence-corrected chi connectivity index (χ3v) is 5.39. The largest absolute Gasteiger partial charge is 0.468 e. The summed E-state index contributed by atoms with van der Waals surface area (Å²) < 4.78 is 16.0. The maximum absolute atomic E-state index is 12.7. The number of esters is 2. The lowest BCUT2D eigenvalue weighted by Crippen LogP contribution is -2.51. The fraction of sp³-hybridized carbons (Fsp3) is 0.800. The summed E-state index contributed by atoms with van der Waals surface area (Å²) in [6.07, 6.45) is 7.86. The molecule has 144 valence electrons. The second-order valence-corrected chi connectivity index (χ2v) is 6.68. The molecule has 0 fully saturated rings. The Bertz CT molecular complexity index is 471. The van der Waals surface area contributed by atoms with Gasteiger partial charge in [0.05, 0.1) is 19.8 Å². The minimum Gasteiger partial charge on any atom is -0.468 e. The van der Waals surface area contributed by atoms with Crippen molar-refractivity contribution in [1.29, 1.82) is 0 Å². The van der Waals surface area contributed by atoms with E-state index < -0.39 is 5.41 Å². The van der Waals surface area contributed by atoms with Gasteiger partial charge in [0.15, 0.2) is 0 Å². The summed E-state index contributed by atoms with van der Waals surface area (Å²) in [6, 6.07) is 0. The number of rotatable bonds is 10. The highest BCUT2D eigenvalue weighted by molar-refractivity contribution is 5.90. The first-order valence-electron chi connectivity index (χ1n) is 9.50. The van der Waals surface area contributed by atoms with Crippen LogP contribution in [0, 0.1) is 11.3 Å². The smallest absolute Gasteiger partial charge is 0.333 e. The Hall–Kier alpha value is -1.36. The number of allylic oxidation sites excluding steroid dienone is 1. The van der Waals surface area contributed by atoms with E-state index in [1.807, 2.05) is 13.0 Å². The average molecular weight is 354 g/mol. The molecule has 25 heavy (non-hydrogen) atoms. The van der Waals surface area contributed by atoms with Gasteiger partial charge >= 0.3 is 11.9 Å². The third kappa shape index (κ3) is 4.84. The molecule has 1 aliphatic rings. The first kappa shape index (κ1) is 21.7. The van der Waals surface area contributed by atoms with E-state index in [4.69, 9.17) is 14.2 Å². The van der Waals surface area contributed by atoms with Crippen molar-refractivity contribution in [3.05, 3.63) is 11.6 Å². The van der Waals surface area contributed by atoms with Gasteiger partial charge < -0.3 is 14.2 Å². The maximum atomic E-state index is 12.7. The van der Waals surface area contributed by atoms with Crippen molar-refractivity contribution < 1.29 is 23.8 Å². The van der Waals surface area contributed by atoms with Crippen molar-refractivity contribution in [2.45, 2.75) is 71.8 Å². The molecule has 0 aromatic rings. The lowest BCUT2D eigenvalue weighted by atomic mass is 9.62. The molecule has 0 aliphatic heterocycles. The van der Waals surface area contributed by atoms with Gasteiger partial charge in [-0.1, -0.05) is 45.6 Å². The quantitative estimate of drug-likeness (QED) is 0.437. The second-order valence-electron chi connectivity index (χ2n) is 6.68. The van der Waals surface area contributed by atoms with Gasteiger partial charge in [0.2, 0.25) is 0 Å². The molecule has 5 nitrogen and oxygen atoms in total. The standard InChI is InChI=1S/C20H34O5/c1-6-9-10-11-12-16-13-15(18(21)25-8-3)14-17(23-4)20(16,7-2)19(22)24-5/h13,16-17H,6-12,14H2,1-5H3/t16-,17+,20+/m1/s1. The van der Waals surface area contributed by atoms with E-state index in [1.165, 1.54) is 13.5 Å². The Balaban J connectivity index is 3.20. The van der Waals surface area contributed by atoms with Crippen molar-refractivity contribution in [3.8, 4) is 0 Å². The Morgan fingerprint density at radius 3 is 2.40 bits per heavy atom.